The predicted octanol–water partition coefficient (Wildman–Crippen LogP) is 1.08. The van der Waals surface area contributed by atoms with Gasteiger partial charge in [-0.15, -0.1) is 0 Å². The summed E-state index contributed by atoms with van der Waals surface area (Å²) in [6, 6.07) is 8.74. The maximum atomic E-state index is 13.3. The number of nitrogens with zero attached hydrogens (tertiary/aromatic N) is 4. The summed E-state index contributed by atoms with van der Waals surface area (Å²) in [5.74, 6) is -0.330. The van der Waals surface area contributed by atoms with E-state index >= 15 is 0 Å². The van der Waals surface area contributed by atoms with Crippen molar-refractivity contribution in [3.63, 3.8) is 0 Å². The molecular weight excluding hydrogens is 386 g/mol. The fourth-order valence-corrected chi connectivity index (χ4v) is 3.05. The van der Waals surface area contributed by atoms with Crippen molar-refractivity contribution >= 4 is 16.9 Å². The molecule has 158 valence electrons. The van der Waals surface area contributed by atoms with Crippen molar-refractivity contribution in [2.24, 2.45) is 12.8 Å². The Morgan fingerprint density at radius 1 is 1.17 bits per heavy atom. The van der Waals surface area contributed by atoms with Crippen LogP contribution in [-0.4, -0.2) is 37.6 Å². The second kappa shape index (κ2) is 8.91. The molecule has 0 aliphatic carbocycles. The highest BCUT2D eigenvalue weighted by molar-refractivity contribution is 5.95. The molecule has 0 radical (unpaired) electrons. The largest absolute Gasteiger partial charge is 0.463 e. The molecule has 0 atom stereocenters. The van der Waals surface area contributed by atoms with Crippen LogP contribution >= 0.6 is 0 Å². The van der Waals surface area contributed by atoms with Gasteiger partial charge < -0.3 is 10.5 Å². The molecular formula is C21H25N5O4. The van der Waals surface area contributed by atoms with Crippen LogP contribution in [-0.2, 0) is 20.1 Å². The number of carbonyl (C=O) groups is 1. The number of rotatable bonds is 8. The van der Waals surface area contributed by atoms with Gasteiger partial charge in [-0.05, 0) is 13.8 Å². The van der Waals surface area contributed by atoms with E-state index in [2.05, 4.69) is 4.98 Å². The number of imidazole rings is 1. The first-order valence-corrected chi connectivity index (χ1v) is 9.59. The van der Waals surface area contributed by atoms with Gasteiger partial charge in [-0.3, -0.25) is 23.3 Å². The third kappa shape index (κ3) is 4.11. The number of hydrogen-bond acceptors (Lipinski definition) is 6. The lowest BCUT2D eigenvalue weighted by Crippen LogP contribution is -2.41. The molecule has 30 heavy (non-hydrogen) atoms. The number of carbonyl (C=O) groups excluding carboxylic acids is 1. The molecule has 2 heterocycles. The number of allylic oxidation sites excluding steroid dienone is 2. The summed E-state index contributed by atoms with van der Waals surface area (Å²) >= 11 is 0. The summed E-state index contributed by atoms with van der Waals surface area (Å²) in [6.07, 6.45) is 1.92. The van der Waals surface area contributed by atoms with Crippen LogP contribution in [0.15, 0.2) is 51.6 Å². The predicted molar refractivity (Wildman–Crippen MR) is 114 cm³/mol. The summed E-state index contributed by atoms with van der Waals surface area (Å²) in [4.78, 5) is 43.1. The Kier molecular flexibility index (Phi) is 6.31. The van der Waals surface area contributed by atoms with Crippen LogP contribution in [0.2, 0.25) is 0 Å². The molecule has 0 aliphatic rings. The van der Waals surface area contributed by atoms with Gasteiger partial charge in [0.25, 0.3) is 11.6 Å². The highest BCUT2D eigenvalue weighted by Crippen LogP contribution is 2.18. The van der Waals surface area contributed by atoms with E-state index in [0.717, 1.165) is 10.1 Å². The Bertz CT molecular complexity index is 1210. The zero-order valence-electron chi connectivity index (χ0n) is 17.3. The first-order chi connectivity index (χ1) is 14.3. The van der Waals surface area contributed by atoms with Gasteiger partial charge in [-0.2, -0.15) is 4.98 Å². The minimum Gasteiger partial charge on any atom is -0.463 e. The molecule has 0 fully saturated rings. The van der Waals surface area contributed by atoms with Crippen LogP contribution in [0.1, 0.15) is 24.2 Å². The molecule has 2 aromatic heterocycles. The van der Waals surface area contributed by atoms with Gasteiger partial charge in [0.1, 0.15) is 6.61 Å². The topological polar surface area (TPSA) is 114 Å². The van der Waals surface area contributed by atoms with Gasteiger partial charge in [0.05, 0.1) is 6.54 Å². The summed E-state index contributed by atoms with van der Waals surface area (Å²) in [6.45, 7) is 4.34. The van der Waals surface area contributed by atoms with E-state index in [1.165, 1.54) is 11.6 Å². The Morgan fingerprint density at radius 3 is 2.50 bits per heavy atom. The summed E-state index contributed by atoms with van der Waals surface area (Å²) in [7, 11) is 1.51. The van der Waals surface area contributed by atoms with E-state index in [4.69, 9.17) is 10.5 Å². The summed E-state index contributed by atoms with van der Waals surface area (Å²) in [5.41, 5.74) is 6.19. The molecule has 9 heteroatoms. The number of benzene rings is 1. The molecule has 2 N–H and O–H groups in total. The van der Waals surface area contributed by atoms with Crippen molar-refractivity contribution in [2.45, 2.75) is 26.9 Å². The Hall–Kier alpha value is -3.46. The normalized spacial score (nSPS) is 10.9. The lowest BCUT2D eigenvalue weighted by molar-refractivity contribution is 0.0969. The third-order valence-electron chi connectivity index (χ3n) is 4.63. The number of nitrogens with two attached hydrogens (primary N) is 1. The van der Waals surface area contributed by atoms with E-state index in [1.54, 1.807) is 34.9 Å². The number of ketones is 1. The number of aromatic nitrogens is 4. The molecule has 3 rings (SSSR count). The molecule has 9 nitrogen and oxygen atoms in total. The van der Waals surface area contributed by atoms with Gasteiger partial charge in [-0.1, -0.05) is 42.0 Å². The number of aryl methyl sites for hydroxylation is 1. The van der Waals surface area contributed by atoms with Crippen LogP contribution < -0.4 is 21.7 Å². The fourth-order valence-electron chi connectivity index (χ4n) is 3.05. The quantitative estimate of drug-likeness (QED) is 0.438. The van der Waals surface area contributed by atoms with Crippen LogP contribution in [0.4, 0.5) is 0 Å². The SMILES string of the molecule is CC(C)=CCn1c(OCCN)nc2c1c(=O)n(CC(=O)c1ccccc1)c(=O)n2C. The zero-order valence-corrected chi connectivity index (χ0v) is 17.3. The van der Waals surface area contributed by atoms with Gasteiger partial charge in [0.15, 0.2) is 16.9 Å². The fraction of sp³-hybridized carbons (Fsp3) is 0.333. The van der Waals surface area contributed by atoms with E-state index in [9.17, 15) is 14.4 Å². The molecule has 0 amide bonds. The van der Waals surface area contributed by atoms with Gasteiger partial charge in [0.2, 0.25) is 0 Å². The van der Waals surface area contributed by atoms with E-state index in [1.807, 2.05) is 19.9 Å². The molecule has 1 aromatic carbocycles. The van der Waals surface area contributed by atoms with E-state index < -0.39 is 11.2 Å². The van der Waals surface area contributed by atoms with Crippen molar-refractivity contribution in [1.29, 1.82) is 0 Å². The third-order valence-corrected chi connectivity index (χ3v) is 4.63. The maximum absolute atomic E-state index is 13.3. The van der Waals surface area contributed by atoms with Crippen molar-refractivity contribution in [2.75, 3.05) is 13.2 Å². The number of ether oxygens (including phenoxy) is 1. The molecule has 0 bridgehead atoms. The highest BCUT2D eigenvalue weighted by Gasteiger charge is 2.22. The van der Waals surface area contributed by atoms with Gasteiger partial charge in [0, 0.05) is 25.7 Å². The molecule has 0 unspecified atom stereocenters. The van der Waals surface area contributed by atoms with Crippen molar-refractivity contribution < 1.29 is 9.53 Å². The summed E-state index contributed by atoms with van der Waals surface area (Å²) in [5, 5.41) is 0. The number of Topliss-reactive ketones (excluding diaryl/α,β-unsaturated/α-hetero) is 1. The van der Waals surface area contributed by atoms with E-state index in [-0.39, 0.29) is 42.7 Å². The number of hydrogen-bond donors (Lipinski definition) is 1. The van der Waals surface area contributed by atoms with Crippen LogP contribution in [0.3, 0.4) is 0 Å². The second-order valence-electron chi connectivity index (χ2n) is 7.12. The minimum atomic E-state index is -0.617. The zero-order chi connectivity index (χ0) is 21.8. The molecule has 0 saturated carbocycles. The van der Waals surface area contributed by atoms with Gasteiger partial charge >= 0.3 is 5.69 Å². The molecule has 0 aliphatic heterocycles. The first-order valence-electron chi connectivity index (χ1n) is 9.59. The standard InChI is InChI=1S/C21H25N5O4/c1-14(2)9-11-25-17-18(23-20(25)30-12-10-22)24(3)21(29)26(19(17)28)13-16(27)15-7-5-4-6-8-15/h4-9H,10-13,22H2,1-3H3. The highest BCUT2D eigenvalue weighted by atomic mass is 16.5. The monoisotopic (exact) mass is 411 g/mol. The van der Waals surface area contributed by atoms with Gasteiger partial charge in [-0.25, -0.2) is 4.79 Å². The Morgan fingerprint density at radius 2 is 1.87 bits per heavy atom. The van der Waals surface area contributed by atoms with Crippen LogP contribution in [0, 0.1) is 0 Å². The van der Waals surface area contributed by atoms with Crippen molar-refractivity contribution in [1.82, 2.24) is 18.7 Å². The minimum absolute atomic E-state index is 0.197. The number of fused-ring (bicyclic) bond motifs is 1. The van der Waals surface area contributed by atoms with E-state index in [0.29, 0.717) is 12.1 Å². The second-order valence-corrected chi connectivity index (χ2v) is 7.12. The lowest BCUT2D eigenvalue weighted by Gasteiger charge is -2.10. The van der Waals surface area contributed by atoms with Crippen LogP contribution in [0.25, 0.3) is 11.2 Å². The van der Waals surface area contributed by atoms with Crippen LogP contribution in [0.5, 0.6) is 6.01 Å². The average molecular weight is 411 g/mol. The van der Waals surface area contributed by atoms with Crippen molar-refractivity contribution in [3.8, 4) is 6.01 Å². The Labute approximate surface area is 173 Å². The smallest absolute Gasteiger partial charge is 0.332 e. The molecule has 3 aromatic rings. The molecule has 0 spiro atoms. The maximum Gasteiger partial charge on any atom is 0.332 e. The first kappa shape index (κ1) is 21.3. The summed E-state index contributed by atoms with van der Waals surface area (Å²) < 4.78 is 9.40. The molecule has 0 saturated heterocycles. The lowest BCUT2D eigenvalue weighted by atomic mass is 10.1. The average Bonchev–Trinajstić information content (AvgIpc) is 3.11. The van der Waals surface area contributed by atoms with Crippen molar-refractivity contribution in [3.05, 3.63) is 68.4 Å². The Balaban J connectivity index is 2.19.